The quantitative estimate of drug-likeness (QED) is 0.669. The van der Waals surface area contributed by atoms with Crippen LogP contribution in [0, 0.1) is 0 Å². The van der Waals surface area contributed by atoms with Gasteiger partial charge in [-0.3, -0.25) is 14.8 Å². The van der Waals surface area contributed by atoms with Crippen molar-refractivity contribution in [3.05, 3.63) is 65.6 Å². The highest BCUT2D eigenvalue weighted by atomic mass is 19.3. The van der Waals surface area contributed by atoms with Crippen LogP contribution >= 0.6 is 0 Å². The number of carbonyl (C=O) groups is 1. The molecule has 1 unspecified atom stereocenters. The molecule has 0 spiro atoms. The number of carbonyl (C=O) groups excluding carboxylic acids is 1. The molecule has 30 heavy (non-hydrogen) atoms. The van der Waals surface area contributed by atoms with Crippen molar-refractivity contribution in [2.45, 2.75) is 12.0 Å². The third-order valence-corrected chi connectivity index (χ3v) is 4.96. The van der Waals surface area contributed by atoms with E-state index >= 15 is 0 Å². The fourth-order valence-electron chi connectivity index (χ4n) is 3.41. The maximum absolute atomic E-state index is 13.4. The Balaban J connectivity index is 2.01. The van der Waals surface area contributed by atoms with Gasteiger partial charge in [0.1, 0.15) is 11.4 Å². The molecule has 0 bridgehead atoms. The fourth-order valence-corrected chi connectivity index (χ4v) is 3.41. The lowest BCUT2D eigenvalue weighted by atomic mass is 9.84. The van der Waals surface area contributed by atoms with Crippen molar-refractivity contribution in [3.8, 4) is 17.0 Å². The topological polar surface area (TPSA) is 109 Å². The predicted molar refractivity (Wildman–Crippen MR) is 105 cm³/mol. The zero-order valence-corrected chi connectivity index (χ0v) is 16.1. The largest absolute Gasteiger partial charge is 0.497 e. The molecule has 1 aliphatic heterocycles. The molecule has 0 fully saturated rings. The van der Waals surface area contributed by atoms with Crippen LogP contribution in [0.5, 0.6) is 5.75 Å². The van der Waals surface area contributed by atoms with Gasteiger partial charge in [-0.25, -0.2) is 18.8 Å². The van der Waals surface area contributed by atoms with Gasteiger partial charge < -0.3 is 10.5 Å². The number of hydrogen-bond donors (Lipinski definition) is 2. The van der Waals surface area contributed by atoms with Gasteiger partial charge in [-0.1, -0.05) is 6.07 Å². The van der Waals surface area contributed by atoms with E-state index in [0.717, 1.165) is 0 Å². The average molecular weight is 412 g/mol. The summed E-state index contributed by atoms with van der Waals surface area (Å²) in [4.78, 5) is 23.0. The molecule has 1 aliphatic rings. The molecule has 1 atom stereocenters. The van der Waals surface area contributed by atoms with Crippen LogP contribution in [0.15, 0.2) is 53.7 Å². The molecule has 3 aromatic rings. The van der Waals surface area contributed by atoms with E-state index in [1.54, 1.807) is 30.5 Å². The normalized spacial score (nSPS) is 18.8. The monoisotopic (exact) mass is 412 g/mol. The van der Waals surface area contributed by atoms with Crippen molar-refractivity contribution in [3.63, 3.8) is 0 Å². The number of nitrogens with two attached hydrogens (primary N) is 1. The molecule has 3 N–H and O–H groups in total. The predicted octanol–water partition coefficient (Wildman–Crippen LogP) is 2.45. The Morgan fingerprint density at radius 2 is 2.03 bits per heavy atom. The summed E-state index contributed by atoms with van der Waals surface area (Å²) >= 11 is 0. The summed E-state index contributed by atoms with van der Waals surface area (Å²) in [5.41, 5.74) is 5.42. The first kappa shape index (κ1) is 19.5. The van der Waals surface area contributed by atoms with Crippen molar-refractivity contribution < 1.29 is 18.3 Å². The summed E-state index contributed by atoms with van der Waals surface area (Å²) in [5, 5.41) is 6.89. The molecular weight excluding hydrogens is 394 g/mol. The number of halogens is 2. The molecular formula is C20H18F2N6O2. The zero-order chi connectivity index (χ0) is 21.5. The Bertz CT molecular complexity index is 1130. The molecule has 1 amide bonds. The fraction of sp³-hybridized carbons (Fsp3) is 0.200. The third kappa shape index (κ3) is 2.97. The summed E-state index contributed by atoms with van der Waals surface area (Å²) in [6.07, 6.45) is -1.15. The van der Waals surface area contributed by atoms with E-state index in [9.17, 15) is 13.6 Å². The second-order valence-corrected chi connectivity index (χ2v) is 6.70. The van der Waals surface area contributed by atoms with E-state index in [0.29, 0.717) is 22.6 Å². The molecule has 2 aromatic heterocycles. The number of H-pyrrole nitrogens is 1. The van der Waals surface area contributed by atoms with Gasteiger partial charge in [-0.2, -0.15) is 5.10 Å². The lowest BCUT2D eigenvalue weighted by Gasteiger charge is -2.26. The maximum atomic E-state index is 13.4. The summed E-state index contributed by atoms with van der Waals surface area (Å²) in [5.74, 6) is -0.125. The summed E-state index contributed by atoms with van der Waals surface area (Å²) in [6.45, 7) is 0. The van der Waals surface area contributed by atoms with Gasteiger partial charge in [-0.15, -0.1) is 0 Å². The zero-order valence-electron chi connectivity index (χ0n) is 16.1. The number of benzene rings is 1. The van der Waals surface area contributed by atoms with Gasteiger partial charge >= 0.3 is 0 Å². The number of hydrogen-bond acceptors (Lipinski definition) is 6. The van der Waals surface area contributed by atoms with Crippen LogP contribution < -0.4 is 10.5 Å². The van der Waals surface area contributed by atoms with Crippen molar-refractivity contribution in [1.82, 2.24) is 20.1 Å². The Morgan fingerprint density at radius 3 is 2.63 bits per heavy atom. The van der Waals surface area contributed by atoms with E-state index in [1.165, 1.54) is 37.3 Å². The number of aliphatic imine (C=N–C) groups is 1. The standard InChI is InChI=1S/C20H18F2N6O2/c1-28-18(29)20(26-19(28)23,16-5-3-4-15(25-16)17(21)22)12-8-11(9-13(10-12)30-2)14-6-7-24-27-14/h3-10,17H,1-2H3,(H2,23,26)(H,24,27). The molecule has 10 heteroatoms. The summed E-state index contributed by atoms with van der Waals surface area (Å²) < 4.78 is 32.1. The van der Waals surface area contributed by atoms with Gasteiger partial charge in [0.15, 0.2) is 5.96 Å². The highest BCUT2D eigenvalue weighted by Crippen LogP contribution is 2.41. The summed E-state index contributed by atoms with van der Waals surface area (Å²) in [7, 11) is 2.95. The first-order valence-corrected chi connectivity index (χ1v) is 8.95. The lowest BCUT2D eigenvalue weighted by molar-refractivity contribution is -0.129. The highest BCUT2D eigenvalue weighted by molar-refractivity contribution is 6.08. The Kier molecular flexibility index (Phi) is 4.69. The van der Waals surface area contributed by atoms with Crippen LogP contribution in [0.1, 0.15) is 23.4 Å². The van der Waals surface area contributed by atoms with Crippen molar-refractivity contribution in [2.24, 2.45) is 10.7 Å². The Labute approximate surface area is 170 Å². The van der Waals surface area contributed by atoms with Crippen molar-refractivity contribution in [2.75, 3.05) is 14.2 Å². The molecule has 154 valence electrons. The minimum absolute atomic E-state index is 0.0406. The van der Waals surface area contributed by atoms with Crippen LogP contribution in [0.4, 0.5) is 8.78 Å². The molecule has 0 aliphatic carbocycles. The molecule has 8 nitrogen and oxygen atoms in total. The number of likely N-dealkylation sites (N-methyl/N-ethyl adjacent to an activating group) is 1. The summed E-state index contributed by atoms with van der Waals surface area (Å²) in [6, 6.07) is 10.9. The van der Waals surface area contributed by atoms with Crippen LogP contribution in [0.2, 0.25) is 0 Å². The van der Waals surface area contributed by atoms with Gasteiger partial charge in [0.25, 0.3) is 12.3 Å². The molecule has 0 radical (unpaired) electrons. The number of rotatable bonds is 5. The maximum Gasteiger partial charge on any atom is 0.280 e. The second kappa shape index (κ2) is 7.21. The number of pyridine rings is 1. The van der Waals surface area contributed by atoms with E-state index in [4.69, 9.17) is 10.5 Å². The first-order valence-electron chi connectivity index (χ1n) is 8.95. The minimum atomic E-state index is -2.80. The van der Waals surface area contributed by atoms with E-state index in [2.05, 4.69) is 20.2 Å². The van der Waals surface area contributed by atoms with Crippen molar-refractivity contribution >= 4 is 11.9 Å². The van der Waals surface area contributed by atoms with Crippen LogP contribution in [-0.2, 0) is 10.3 Å². The van der Waals surface area contributed by atoms with E-state index in [1.807, 2.05) is 0 Å². The molecule has 4 rings (SSSR count). The molecule has 0 saturated carbocycles. The van der Waals surface area contributed by atoms with Gasteiger partial charge in [0, 0.05) is 18.8 Å². The van der Waals surface area contributed by atoms with Gasteiger partial charge in [0.2, 0.25) is 5.54 Å². The number of aromatic amines is 1. The third-order valence-electron chi connectivity index (χ3n) is 4.96. The molecule has 0 saturated heterocycles. The van der Waals surface area contributed by atoms with E-state index in [-0.39, 0.29) is 11.7 Å². The molecule has 3 heterocycles. The number of ether oxygens (including phenoxy) is 1. The number of amides is 1. The number of methoxy groups -OCH3 is 1. The first-order chi connectivity index (χ1) is 14.4. The molecule has 1 aromatic carbocycles. The number of nitrogens with zero attached hydrogens (tertiary/aromatic N) is 4. The van der Waals surface area contributed by atoms with Crippen molar-refractivity contribution in [1.29, 1.82) is 0 Å². The number of aromatic nitrogens is 3. The minimum Gasteiger partial charge on any atom is -0.497 e. The van der Waals surface area contributed by atoms with E-state index < -0.39 is 23.6 Å². The highest BCUT2D eigenvalue weighted by Gasteiger charge is 2.51. The Hall–Kier alpha value is -3.82. The van der Waals surface area contributed by atoms with Crippen LogP contribution in [0.3, 0.4) is 0 Å². The Morgan fingerprint density at radius 1 is 1.23 bits per heavy atom. The van der Waals surface area contributed by atoms with Crippen LogP contribution in [-0.4, -0.2) is 46.1 Å². The number of nitrogens with one attached hydrogen (secondary N) is 1. The second-order valence-electron chi connectivity index (χ2n) is 6.70. The SMILES string of the molecule is COc1cc(-c2cc[nH]n2)cc(C2(c3cccc(C(F)F)n3)N=C(N)N(C)C2=O)c1. The average Bonchev–Trinajstić information content (AvgIpc) is 3.37. The number of guanidine groups is 1. The van der Waals surface area contributed by atoms with Crippen LogP contribution in [0.25, 0.3) is 11.3 Å². The smallest absolute Gasteiger partial charge is 0.280 e. The van der Waals surface area contributed by atoms with Gasteiger partial charge in [-0.05, 0) is 42.0 Å². The number of alkyl halides is 2. The van der Waals surface area contributed by atoms with Gasteiger partial charge in [0.05, 0.1) is 18.5 Å². The lowest BCUT2D eigenvalue weighted by Crippen LogP contribution is -2.41.